The highest BCUT2D eigenvalue weighted by Gasteiger charge is 2.21. The SMILES string of the molecule is CC1CCN(Cc2cccc(CNC(=O)C3CCOCC3)c2)CC1. The Morgan fingerprint density at radius 3 is 2.62 bits per heavy atom. The van der Waals surface area contributed by atoms with Gasteiger partial charge in [0.25, 0.3) is 0 Å². The van der Waals surface area contributed by atoms with Gasteiger partial charge in [0, 0.05) is 32.2 Å². The second kappa shape index (κ2) is 8.63. The Labute approximate surface area is 145 Å². The lowest BCUT2D eigenvalue weighted by atomic mass is 9.98. The molecule has 1 N–H and O–H groups in total. The Hall–Kier alpha value is -1.39. The lowest BCUT2D eigenvalue weighted by Gasteiger charge is -2.30. The van der Waals surface area contributed by atoms with Crippen LogP contribution in [0.1, 0.15) is 43.7 Å². The number of amides is 1. The number of carbonyl (C=O) groups excluding carboxylic acids is 1. The number of hydrogen-bond acceptors (Lipinski definition) is 3. The zero-order valence-corrected chi connectivity index (χ0v) is 14.8. The van der Waals surface area contributed by atoms with Crippen LogP contribution in [0.3, 0.4) is 0 Å². The fraction of sp³-hybridized carbons (Fsp3) is 0.650. The first-order valence-corrected chi connectivity index (χ1v) is 9.36. The second-order valence-corrected chi connectivity index (χ2v) is 7.38. The van der Waals surface area contributed by atoms with Crippen molar-refractivity contribution in [2.45, 2.75) is 45.7 Å². The van der Waals surface area contributed by atoms with Gasteiger partial charge in [-0.1, -0.05) is 31.2 Å². The lowest BCUT2D eigenvalue weighted by molar-refractivity contribution is -0.128. The van der Waals surface area contributed by atoms with Crippen molar-refractivity contribution in [1.82, 2.24) is 10.2 Å². The van der Waals surface area contributed by atoms with Crippen LogP contribution in [-0.4, -0.2) is 37.1 Å². The van der Waals surface area contributed by atoms with Gasteiger partial charge in [0.2, 0.25) is 5.91 Å². The standard InChI is InChI=1S/C20H30N2O2/c1-16-5-9-22(10-6-16)15-18-4-2-3-17(13-18)14-21-20(23)19-7-11-24-12-8-19/h2-4,13,16,19H,5-12,14-15H2,1H3,(H,21,23). The summed E-state index contributed by atoms with van der Waals surface area (Å²) in [6.45, 7) is 7.82. The average Bonchev–Trinajstić information content (AvgIpc) is 2.63. The maximum absolute atomic E-state index is 12.2. The largest absolute Gasteiger partial charge is 0.381 e. The third-order valence-corrected chi connectivity index (χ3v) is 5.33. The van der Waals surface area contributed by atoms with Crippen molar-refractivity contribution in [2.24, 2.45) is 11.8 Å². The number of nitrogens with one attached hydrogen (secondary N) is 1. The molecular weight excluding hydrogens is 300 g/mol. The number of ether oxygens (including phenoxy) is 1. The van der Waals surface area contributed by atoms with Gasteiger partial charge in [0.15, 0.2) is 0 Å². The van der Waals surface area contributed by atoms with Crippen molar-refractivity contribution in [2.75, 3.05) is 26.3 Å². The molecule has 4 heteroatoms. The lowest BCUT2D eigenvalue weighted by Crippen LogP contribution is -2.34. The van der Waals surface area contributed by atoms with Crippen molar-refractivity contribution in [3.63, 3.8) is 0 Å². The molecule has 4 nitrogen and oxygen atoms in total. The van der Waals surface area contributed by atoms with Gasteiger partial charge in [-0.25, -0.2) is 0 Å². The van der Waals surface area contributed by atoms with Gasteiger partial charge in [-0.05, 0) is 55.8 Å². The molecular formula is C20H30N2O2. The molecule has 24 heavy (non-hydrogen) atoms. The third kappa shape index (κ3) is 5.05. The number of hydrogen-bond donors (Lipinski definition) is 1. The molecule has 3 rings (SSSR count). The topological polar surface area (TPSA) is 41.6 Å². The van der Waals surface area contributed by atoms with Crippen LogP contribution in [0.15, 0.2) is 24.3 Å². The minimum Gasteiger partial charge on any atom is -0.381 e. The zero-order valence-electron chi connectivity index (χ0n) is 14.8. The number of nitrogens with zero attached hydrogens (tertiary/aromatic N) is 1. The number of carbonyl (C=O) groups is 1. The van der Waals surface area contributed by atoms with Gasteiger partial charge in [-0.3, -0.25) is 9.69 Å². The van der Waals surface area contributed by atoms with Crippen LogP contribution in [0.25, 0.3) is 0 Å². The molecule has 0 radical (unpaired) electrons. The van der Waals surface area contributed by atoms with E-state index in [1.807, 2.05) is 0 Å². The van der Waals surface area contributed by atoms with E-state index in [2.05, 4.69) is 41.4 Å². The first kappa shape index (κ1) is 17.4. The molecule has 0 spiro atoms. The van der Waals surface area contributed by atoms with Crippen molar-refractivity contribution < 1.29 is 9.53 Å². The summed E-state index contributed by atoms with van der Waals surface area (Å²) in [5, 5.41) is 3.10. The molecule has 2 aliphatic heterocycles. The summed E-state index contributed by atoms with van der Waals surface area (Å²) in [6.07, 6.45) is 4.31. The van der Waals surface area contributed by atoms with E-state index in [-0.39, 0.29) is 11.8 Å². The molecule has 0 aromatic heterocycles. The molecule has 0 saturated carbocycles. The Morgan fingerprint density at radius 1 is 1.17 bits per heavy atom. The van der Waals surface area contributed by atoms with Gasteiger partial charge in [0.1, 0.15) is 0 Å². The first-order chi connectivity index (χ1) is 11.7. The van der Waals surface area contributed by atoms with Crippen molar-refractivity contribution >= 4 is 5.91 Å². The van der Waals surface area contributed by atoms with Gasteiger partial charge in [0.05, 0.1) is 0 Å². The summed E-state index contributed by atoms with van der Waals surface area (Å²) in [5.41, 5.74) is 2.54. The van der Waals surface area contributed by atoms with E-state index in [0.29, 0.717) is 19.8 Å². The van der Waals surface area contributed by atoms with Crippen LogP contribution in [-0.2, 0) is 22.6 Å². The van der Waals surface area contributed by atoms with Crippen molar-refractivity contribution in [3.05, 3.63) is 35.4 Å². The maximum Gasteiger partial charge on any atom is 0.223 e. The zero-order chi connectivity index (χ0) is 16.8. The van der Waals surface area contributed by atoms with E-state index in [0.717, 1.165) is 25.3 Å². The highest BCUT2D eigenvalue weighted by molar-refractivity contribution is 5.78. The van der Waals surface area contributed by atoms with Crippen LogP contribution >= 0.6 is 0 Å². The summed E-state index contributed by atoms with van der Waals surface area (Å²) in [6, 6.07) is 8.65. The van der Waals surface area contributed by atoms with E-state index in [1.165, 1.54) is 37.1 Å². The predicted molar refractivity (Wildman–Crippen MR) is 95.5 cm³/mol. The maximum atomic E-state index is 12.2. The summed E-state index contributed by atoms with van der Waals surface area (Å²) >= 11 is 0. The summed E-state index contributed by atoms with van der Waals surface area (Å²) in [5.74, 6) is 1.17. The van der Waals surface area contributed by atoms with Crippen LogP contribution < -0.4 is 5.32 Å². The molecule has 2 heterocycles. The quantitative estimate of drug-likeness (QED) is 0.902. The van der Waals surface area contributed by atoms with Crippen LogP contribution in [0.5, 0.6) is 0 Å². The van der Waals surface area contributed by atoms with E-state index < -0.39 is 0 Å². The monoisotopic (exact) mass is 330 g/mol. The molecule has 0 unspecified atom stereocenters. The average molecular weight is 330 g/mol. The molecule has 0 bridgehead atoms. The molecule has 0 aliphatic carbocycles. The highest BCUT2D eigenvalue weighted by atomic mass is 16.5. The number of rotatable bonds is 5. The molecule has 1 amide bonds. The minimum atomic E-state index is 0.122. The van der Waals surface area contributed by atoms with E-state index in [1.54, 1.807) is 0 Å². The molecule has 1 aromatic rings. The van der Waals surface area contributed by atoms with E-state index in [9.17, 15) is 4.79 Å². The van der Waals surface area contributed by atoms with Gasteiger partial charge in [-0.2, -0.15) is 0 Å². The number of benzene rings is 1. The Kier molecular flexibility index (Phi) is 6.27. The van der Waals surface area contributed by atoms with Crippen LogP contribution in [0.2, 0.25) is 0 Å². The van der Waals surface area contributed by atoms with E-state index in [4.69, 9.17) is 4.74 Å². The Balaban J connectivity index is 1.48. The number of piperidine rings is 1. The smallest absolute Gasteiger partial charge is 0.223 e. The fourth-order valence-corrected chi connectivity index (χ4v) is 3.61. The van der Waals surface area contributed by atoms with Gasteiger partial charge < -0.3 is 10.1 Å². The van der Waals surface area contributed by atoms with Crippen LogP contribution in [0.4, 0.5) is 0 Å². The fourth-order valence-electron chi connectivity index (χ4n) is 3.61. The minimum absolute atomic E-state index is 0.122. The molecule has 2 fully saturated rings. The molecule has 1 aromatic carbocycles. The summed E-state index contributed by atoms with van der Waals surface area (Å²) < 4.78 is 5.32. The summed E-state index contributed by atoms with van der Waals surface area (Å²) in [4.78, 5) is 14.8. The van der Waals surface area contributed by atoms with Crippen molar-refractivity contribution in [3.8, 4) is 0 Å². The third-order valence-electron chi connectivity index (χ3n) is 5.33. The first-order valence-electron chi connectivity index (χ1n) is 9.36. The van der Waals surface area contributed by atoms with E-state index >= 15 is 0 Å². The Bertz CT molecular complexity index is 532. The van der Waals surface area contributed by atoms with Gasteiger partial charge >= 0.3 is 0 Å². The number of likely N-dealkylation sites (tertiary alicyclic amines) is 1. The molecule has 2 aliphatic rings. The molecule has 2 saturated heterocycles. The van der Waals surface area contributed by atoms with Gasteiger partial charge in [-0.15, -0.1) is 0 Å². The summed E-state index contributed by atoms with van der Waals surface area (Å²) in [7, 11) is 0. The Morgan fingerprint density at radius 2 is 1.88 bits per heavy atom. The predicted octanol–water partition coefficient (Wildman–Crippen LogP) is 2.96. The highest BCUT2D eigenvalue weighted by Crippen LogP contribution is 2.19. The van der Waals surface area contributed by atoms with Crippen molar-refractivity contribution in [1.29, 1.82) is 0 Å². The second-order valence-electron chi connectivity index (χ2n) is 7.38. The molecule has 0 atom stereocenters. The van der Waals surface area contributed by atoms with Crippen LogP contribution in [0, 0.1) is 11.8 Å². The molecule has 132 valence electrons. The normalized spacial score (nSPS) is 20.9.